The number of rotatable bonds is 2. The van der Waals surface area contributed by atoms with Crippen molar-refractivity contribution in [2.24, 2.45) is 0 Å². The Morgan fingerprint density at radius 2 is 1.94 bits per heavy atom. The van der Waals surface area contributed by atoms with Gasteiger partial charge in [-0.1, -0.05) is 17.7 Å². The lowest BCUT2D eigenvalue weighted by Gasteiger charge is -2.32. The summed E-state index contributed by atoms with van der Waals surface area (Å²) in [7, 11) is -1.41. The molecule has 0 spiro atoms. The van der Waals surface area contributed by atoms with E-state index in [2.05, 4.69) is 5.32 Å². The summed E-state index contributed by atoms with van der Waals surface area (Å²) in [5, 5.41) is 2.67. The molecule has 1 fully saturated rings. The number of piperazine rings is 1. The van der Waals surface area contributed by atoms with Crippen LogP contribution in [0.25, 0.3) is 0 Å². The summed E-state index contributed by atoms with van der Waals surface area (Å²) < 4.78 is 24.9. The minimum atomic E-state index is -3.26. The molecule has 0 aliphatic carbocycles. The van der Waals surface area contributed by atoms with Crippen molar-refractivity contribution in [3.63, 3.8) is 0 Å². The molecule has 0 bridgehead atoms. The maximum Gasteiger partial charge on any atom is 0.195 e. The average molecular weight is 254 g/mol. The summed E-state index contributed by atoms with van der Waals surface area (Å²) >= 11 is 0. The Morgan fingerprint density at radius 1 is 1.29 bits per heavy atom. The van der Waals surface area contributed by atoms with Gasteiger partial charge in [0.25, 0.3) is 0 Å². The fourth-order valence-electron chi connectivity index (χ4n) is 2.01. The van der Waals surface area contributed by atoms with Gasteiger partial charge in [0.15, 0.2) is 9.84 Å². The Bertz CT molecular complexity index is 482. The number of sulfone groups is 1. The molecule has 1 saturated heterocycles. The molecule has 94 valence electrons. The molecule has 1 aliphatic heterocycles. The number of aryl methyl sites for hydroxylation is 1. The van der Waals surface area contributed by atoms with Crippen molar-refractivity contribution < 1.29 is 8.42 Å². The highest BCUT2D eigenvalue weighted by atomic mass is 32.2. The highest BCUT2D eigenvalue weighted by molar-refractivity contribution is 7.92. The van der Waals surface area contributed by atoms with Gasteiger partial charge >= 0.3 is 0 Å². The largest absolute Gasteiger partial charge is 0.313 e. The first-order valence-electron chi connectivity index (χ1n) is 5.73. The Balaban J connectivity index is 2.32. The van der Waals surface area contributed by atoms with Crippen molar-refractivity contribution in [2.45, 2.75) is 17.2 Å². The summed E-state index contributed by atoms with van der Waals surface area (Å²) in [6, 6.07) is 7.05. The highest BCUT2D eigenvalue weighted by Crippen LogP contribution is 2.19. The molecule has 0 radical (unpaired) electrons. The number of benzene rings is 1. The SMILES string of the molecule is Cc1ccc(S(=O)(=O)C2CNCCN2C)cc1. The summed E-state index contributed by atoms with van der Waals surface area (Å²) in [4.78, 5) is 2.30. The highest BCUT2D eigenvalue weighted by Gasteiger charge is 2.32. The molecule has 1 unspecified atom stereocenters. The Labute approximate surface area is 103 Å². The van der Waals surface area contributed by atoms with Crippen LogP contribution in [0.15, 0.2) is 29.2 Å². The fourth-order valence-corrected chi connectivity index (χ4v) is 3.76. The van der Waals surface area contributed by atoms with E-state index in [0.717, 1.165) is 18.7 Å². The van der Waals surface area contributed by atoms with Gasteiger partial charge in [0.2, 0.25) is 0 Å². The molecule has 5 heteroatoms. The van der Waals surface area contributed by atoms with Crippen molar-refractivity contribution in [1.29, 1.82) is 0 Å². The maximum atomic E-state index is 12.4. The van der Waals surface area contributed by atoms with Gasteiger partial charge in [-0.15, -0.1) is 0 Å². The van der Waals surface area contributed by atoms with Crippen LogP contribution in [0.2, 0.25) is 0 Å². The van der Waals surface area contributed by atoms with Crippen molar-refractivity contribution in [1.82, 2.24) is 10.2 Å². The van der Waals surface area contributed by atoms with Gasteiger partial charge in [-0.05, 0) is 26.1 Å². The minimum absolute atomic E-state index is 0.406. The third-order valence-electron chi connectivity index (χ3n) is 3.16. The van der Waals surface area contributed by atoms with Crippen molar-refractivity contribution in [3.05, 3.63) is 29.8 Å². The van der Waals surface area contributed by atoms with Crippen LogP contribution in [0.5, 0.6) is 0 Å². The predicted molar refractivity (Wildman–Crippen MR) is 67.7 cm³/mol. The van der Waals surface area contributed by atoms with Crippen LogP contribution in [0.3, 0.4) is 0 Å². The van der Waals surface area contributed by atoms with Crippen molar-refractivity contribution in [2.75, 3.05) is 26.7 Å². The molecule has 1 N–H and O–H groups in total. The third kappa shape index (κ3) is 2.51. The van der Waals surface area contributed by atoms with E-state index in [1.807, 2.05) is 31.0 Å². The zero-order chi connectivity index (χ0) is 12.5. The Kier molecular flexibility index (Phi) is 3.51. The molecule has 0 amide bonds. The molecule has 0 saturated carbocycles. The van der Waals surface area contributed by atoms with E-state index in [0.29, 0.717) is 11.4 Å². The van der Waals surface area contributed by atoms with Crippen LogP contribution in [-0.2, 0) is 9.84 Å². The second-order valence-corrected chi connectivity index (χ2v) is 6.60. The normalized spacial score (nSPS) is 22.6. The molecule has 4 nitrogen and oxygen atoms in total. The molecule has 2 rings (SSSR count). The van der Waals surface area contributed by atoms with E-state index in [4.69, 9.17) is 0 Å². The Morgan fingerprint density at radius 3 is 2.53 bits per heavy atom. The molecule has 0 aromatic heterocycles. The van der Waals surface area contributed by atoms with E-state index in [1.165, 1.54) is 0 Å². The topological polar surface area (TPSA) is 49.4 Å². The van der Waals surface area contributed by atoms with Crippen LogP contribution in [0.4, 0.5) is 0 Å². The number of hydrogen-bond acceptors (Lipinski definition) is 4. The van der Waals surface area contributed by atoms with E-state index >= 15 is 0 Å². The monoisotopic (exact) mass is 254 g/mol. The lowest BCUT2D eigenvalue weighted by molar-refractivity contribution is 0.255. The van der Waals surface area contributed by atoms with Crippen LogP contribution < -0.4 is 5.32 Å². The second kappa shape index (κ2) is 4.76. The van der Waals surface area contributed by atoms with Gasteiger partial charge in [-0.2, -0.15) is 0 Å². The van der Waals surface area contributed by atoms with Gasteiger partial charge in [0, 0.05) is 19.6 Å². The van der Waals surface area contributed by atoms with Crippen molar-refractivity contribution >= 4 is 9.84 Å². The summed E-state index contributed by atoms with van der Waals surface area (Å²) in [6.07, 6.45) is 0. The maximum absolute atomic E-state index is 12.4. The van der Waals surface area contributed by atoms with Crippen LogP contribution in [-0.4, -0.2) is 45.4 Å². The Hall–Kier alpha value is -0.910. The van der Waals surface area contributed by atoms with Crippen molar-refractivity contribution in [3.8, 4) is 0 Å². The summed E-state index contributed by atoms with van der Waals surface area (Å²) in [5.41, 5.74) is 1.07. The van der Waals surface area contributed by atoms with E-state index in [1.54, 1.807) is 12.1 Å². The molecule has 17 heavy (non-hydrogen) atoms. The van der Waals surface area contributed by atoms with E-state index in [9.17, 15) is 8.42 Å². The molecule has 1 atom stereocenters. The van der Waals surface area contributed by atoms with Crippen LogP contribution in [0.1, 0.15) is 5.56 Å². The molecule has 1 aromatic rings. The number of nitrogens with zero attached hydrogens (tertiary/aromatic N) is 1. The molecule has 1 heterocycles. The minimum Gasteiger partial charge on any atom is -0.313 e. The predicted octanol–water partition coefficient (Wildman–Crippen LogP) is 0.630. The van der Waals surface area contributed by atoms with Gasteiger partial charge in [0.1, 0.15) is 5.37 Å². The number of likely N-dealkylation sites (N-methyl/N-ethyl adjacent to an activating group) is 1. The first-order valence-corrected chi connectivity index (χ1v) is 7.28. The number of hydrogen-bond donors (Lipinski definition) is 1. The average Bonchev–Trinajstić information content (AvgIpc) is 2.30. The number of nitrogens with one attached hydrogen (secondary N) is 1. The third-order valence-corrected chi connectivity index (χ3v) is 5.33. The smallest absolute Gasteiger partial charge is 0.195 e. The van der Waals surface area contributed by atoms with Crippen LogP contribution in [0, 0.1) is 6.92 Å². The second-order valence-electron chi connectivity index (χ2n) is 4.50. The summed E-state index contributed by atoms with van der Waals surface area (Å²) in [6.45, 7) is 4.05. The lowest BCUT2D eigenvalue weighted by Crippen LogP contribution is -2.52. The molecular weight excluding hydrogens is 236 g/mol. The standard InChI is InChI=1S/C12H18N2O2S/c1-10-3-5-11(6-4-10)17(15,16)12-9-13-7-8-14(12)2/h3-6,12-13H,7-9H2,1-2H3. The van der Waals surface area contributed by atoms with Gasteiger partial charge in [0.05, 0.1) is 4.90 Å². The fraction of sp³-hybridized carbons (Fsp3) is 0.500. The first kappa shape index (κ1) is 12.5. The summed E-state index contributed by atoms with van der Waals surface area (Å²) in [5.74, 6) is 0. The lowest BCUT2D eigenvalue weighted by atomic mass is 10.2. The quantitative estimate of drug-likeness (QED) is 0.841. The van der Waals surface area contributed by atoms with Gasteiger partial charge in [-0.3, -0.25) is 4.90 Å². The molecule has 1 aromatic carbocycles. The first-order chi connectivity index (χ1) is 8.01. The zero-order valence-corrected chi connectivity index (χ0v) is 11.0. The van der Waals surface area contributed by atoms with E-state index < -0.39 is 15.2 Å². The van der Waals surface area contributed by atoms with Crippen LogP contribution >= 0.6 is 0 Å². The zero-order valence-electron chi connectivity index (χ0n) is 10.2. The molecule has 1 aliphatic rings. The van der Waals surface area contributed by atoms with Gasteiger partial charge < -0.3 is 5.32 Å². The van der Waals surface area contributed by atoms with E-state index in [-0.39, 0.29) is 0 Å². The molecular formula is C12H18N2O2S. The van der Waals surface area contributed by atoms with Gasteiger partial charge in [-0.25, -0.2) is 8.42 Å².